The quantitative estimate of drug-likeness (QED) is 0.901. The van der Waals surface area contributed by atoms with E-state index in [2.05, 4.69) is 35.1 Å². The fourth-order valence-electron chi connectivity index (χ4n) is 2.77. The molecule has 0 aliphatic heterocycles. The lowest BCUT2D eigenvalue weighted by molar-refractivity contribution is -0.127. The lowest BCUT2D eigenvalue weighted by atomic mass is 9.81. The Morgan fingerprint density at radius 3 is 2.89 bits per heavy atom. The van der Waals surface area contributed by atoms with Crippen LogP contribution < -0.4 is 5.32 Å². The molecule has 1 saturated carbocycles. The maximum atomic E-state index is 12.2. The molecule has 0 saturated heterocycles. The first-order valence-corrected chi connectivity index (χ1v) is 7.30. The first-order valence-electron chi connectivity index (χ1n) is 6.51. The molecule has 0 aromatic heterocycles. The summed E-state index contributed by atoms with van der Waals surface area (Å²) in [4.78, 5) is 12.2. The molecule has 0 spiro atoms. The van der Waals surface area contributed by atoms with Gasteiger partial charge in [-0.15, -0.1) is 0 Å². The van der Waals surface area contributed by atoms with Crippen molar-refractivity contribution in [3.05, 3.63) is 34.3 Å². The van der Waals surface area contributed by atoms with Crippen LogP contribution in [0.3, 0.4) is 0 Å². The van der Waals surface area contributed by atoms with Crippen LogP contribution in [0.1, 0.15) is 38.7 Å². The van der Waals surface area contributed by atoms with Gasteiger partial charge in [0.1, 0.15) is 0 Å². The van der Waals surface area contributed by atoms with Gasteiger partial charge >= 0.3 is 0 Å². The van der Waals surface area contributed by atoms with Crippen molar-refractivity contribution in [3.8, 4) is 0 Å². The highest BCUT2D eigenvalue weighted by molar-refractivity contribution is 9.10. The van der Waals surface area contributed by atoms with E-state index >= 15 is 0 Å². The maximum Gasteiger partial charge on any atom is 0.223 e. The number of halogens is 1. The van der Waals surface area contributed by atoms with Gasteiger partial charge in [0.05, 0.1) is 0 Å². The van der Waals surface area contributed by atoms with Crippen molar-refractivity contribution < 1.29 is 4.79 Å². The molecule has 0 heterocycles. The molecule has 1 aromatic carbocycles. The lowest BCUT2D eigenvalue weighted by Crippen LogP contribution is -2.35. The van der Waals surface area contributed by atoms with Crippen molar-refractivity contribution in [3.63, 3.8) is 0 Å². The Morgan fingerprint density at radius 2 is 2.28 bits per heavy atom. The van der Waals surface area contributed by atoms with E-state index in [1.807, 2.05) is 24.3 Å². The average Bonchev–Trinajstić information content (AvgIpc) is 2.66. The van der Waals surface area contributed by atoms with Gasteiger partial charge in [-0.05, 0) is 36.0 Å². The first kappa shape index (κ1) is 13.6. The van der Waals surface area contributed by atoms with Gasteiger partial charge in [0.25, 0.3) is 0 Å². The summed E-state index contributed by atoms with van der Waals surface area (Å²) in [6, 6.07) is 8.06. The average molecular weight is 310 g/mol. The van der Waals surface area contributed by atoms with Crippen LogP contribution in [-0.2, 0) is 11.3 Å². The molecule has 1 amide bonds. The molecule has 2 nitrogen and oxygen atoms in total. The Bertz CT molecular complexity index is 442. The molecule has 0 radical (unpaired) electrons. The predicted molar refractivity (Wildman–Crippen MR) is 77.1 cm³/mol. The van der Waals surface area contributed by atoms with E-state index in [0.717, 1.165) is 22.9 Å². The minimum absolute atomic E-state index is 0.154. The zero-order chi connectivity index (χ0) is 13.2. The number of benzene rings is 1. The minimum atomic E-state index is 0.154. The first-order chi connectivity index (χ1) is 8.49. The van der Waals surface area contributed by atoms with Crippen molar-refractivity contribution in [1.29, 1.82) is 0 Å². The molecule has 0 bridgehead atoms. The van der Waals surface area contributed by atoms with Crippen LogP contribution in [0.25, 0.3) is 0 Å². The maximum absolute atomic E-state index is 12.2. The summed E-state index contributed by atoms with van der Waals surface area (Å²) >= 11 is 3.44. The molecule has 18 heavy (non-hydrogen) atoms. The van der Waals surface area contributed by atoms with Crippen LogP contribution in [0.4, 0.5) is 0 Å². The zero-order valence-electron chi connectivity index (χ0n) is 11.0. The van der Waals surface area contributed by atoms with Crippen LogP contribution in [-0.4, -0.2) is 5.91 Å². The SMILES string of the molecule is CC1(C)CCCC1C(=O)NCc1cccc(Br)c1. The van der Waals surface area contributed by atoms with Gasteiger partial charge in [-0.3, -0.25) is 4.79 Å². The third kappa shape index (κ3) is 3.14. The van der Waals surface area contributed by atoms with Crippen LogP contribution >= 0.6 is 15.9 Å². The third-order valence-electron chi connectivity index (χ3n) is 3.93. The minimum Gasteiger partial charge on any atom is -0.352 e. The van der Waals surface area contributed by atoms with Crippen LogP contribution in [0, 0.1) is 11.3 Å². The molecular weight excluding hydrogens is 290 g/mol. The monoisotopic (exact) mass is 309 g/mol. The summed E-state index contributed by atoms with van der Waals surface area (Å²) in [6.07, 6.45) is 3.35. The summed E-state index contributed by atoms with van der Waals surface area (Å²) < 4.78 is 1.05. The van der Waals surface area contributed by atoms with E-state index < -0.39 is 0 Å². The molecule has 1 atom stereocenters. The Labute approximate surface area is 117 Å². The number of nitrogens with one attached hydrogen (secondary N) is 1. The molecular formula is C15H20BrNO. The number of carbonyl (C=O) groups is 1. The molecule has 1 N–H and O–H groups in total. The fraction of sp³-hybridized carbons (Fsp3) is 0.533. The van der Waals surface area contributed by atoms with Crippen molar-refractivity contribution in [2.45, 2.75) is 39.7 Å². The van der Waals surface area contributed by atoms with Crippen molar-refractivity contribution in [2.75, 3.05) is 0 Å². The largest absolute Gasteiger partial charge is 0.352 e. The molecule has 1 aliphatic carbocycles. The van der Waals surface area contributed by atoms with Gasteiger partial charge < -0.3 is 5.32 Å². The van der Waals surface area contributed by atoms with Gasteiger partial charge in [-0.25, -0.2) is 0 Å². The van der Waals surface area contributed by atoms with E-state index in [4.69, 9.17) is 0 Å². The smallest absolute Gasteiger partial charge is 0.223 e. The second-order valence-corrected chi connectivity index (χ2v) is 6.70. The van der Waals surface area contributed by atoms with E-state index in [-0.39, 0.29) is 17.2 Å². The Morgan fingerprint density at radius 1 is 1.50 bits per heavy atom. The van der Waals surface area contributed by atoms with Crippen molar-refractivity contribution in [2.24, 2.45) is 11.3 Å². The van der Waals surface area contributed by atoms with Gasteiger partial charge in [0.15, 0.2) is 0 Å². The number of amides is 1. The third-order valence-corrected chi connectivity index (χ3v) is 4.42. The number of carbonyl (C=O) groups excluding carboxylic acids is 1. The zero-order valence-corrected chi connectivity index (χ0v) is 12.6. The normalized spacial score (nSPS) is 21.8. The van der Waals surface area contributed by atoms with Crippen LogP contribution in [0.2, 0.25) is 0 Å². The number of rotatable bonds is 3. The van der Waals surface area contributed by atoms with Crippen molar-refractivity contribution >= 4 is 21.8 Å². The Balaban J connectivity index is 1.93. The molecule has 3 heteroatoms. The van der Waals surface area contributed by atoms with E-state index in [1.54, 1.807) is 0 Å². The van der Waals surface area contributed by atoms with Crippen LogP contribution in [0.5, 0.6) is 0 Å². The van der Waals surface area contributed by atoms with Gasteiger partial charge in [0.2, 0.25) is 5.91 Å². The molecule has 1 aliphatic rings. The highest BCUT2D eigenvalue weighted by Crippen LogP contribution is 2.42. The Kier molecular flexibility index (Phi) is 4.10. The van der Waals surface area contributed by atoms with Crippen LogP contribution in [0.15, 0.2) is 28.7 Å². The predicted octanol–water partition coefficient (Wildman–Crippen LogP) is 3.89. The second-order valence-electron chi connectivity index (χ2n) is 5.78. The van der Waals surface area contributed by atoms with E-state index in [9.17, 15) is 4.79 Å². The van der Waals surface area contributed by atoms with E-state index in [1.165, 1.54) is 6.42 Å². The molecule has 1 unspecified atom stereocenters. The second kappa shape index (κ2) is 5.43. The highest BCUT2D eigenvalue weighted by atomic mass is 79.9. The highest BCUT2D eigenvalue weighted by Gasteiger charge is 2.38. The molecule has 1 aromatic rings. The molecule has 1 fully saturated rings. The summed E-state index contributed by atoms with van der Waals surface area (Å²) in [7, 11) is 0. The summed E-state index contributed by atoms with van der Waals surface area (Å²) in [6.45, 7) is 5.01. The van der Waals surface area contributed by atoms with Gasteiger partial charge in [-0.2, -0.15) is 0 Å². The number of hydrogen-bond acceptors (Lipinski definition) is 1. The van der Waals surface area contributed by atoms with E-state index in [0.29, 0.717) is 6.54 Å². The standard InChI is InChI=1S/C15H20BrNO/c1-15(2)8-4-7-13(15)14(18)17-10-11-5-3-6-12(16)9-11/h3,5-6,9,13H,4,7-8,10H2,1-2H3,(H,17,18). The molecule has 2 rings (SSSR count). The Hall–Kier alpha value is -0.830. The van der Waals surface area contributed by atoms with Gasteiger partial charge in [0, 0.05) is 16.9 Å². The lowest BCUT2D eigenvalue weighted by Gasteiger charge is -2.25. The van der Waals surface area contributed by atoms with Crippen molar-refractivity contribution in [1.82, 2.24) is 5.32 Å². The summed E-state index contributed by atoms with van der Waals surface area (Å²) in [5.41, 5.74) is 1.29. The fourth-order valence-corrected chi connectivity index (χ4v) is 3.22. The van der Waals surface area contributed by atoms with Gasteiger partial charge in [-0.1, -0.05) is 48.3 Å². The number of hydrogen-bond donors (Lipinski definition) is 1. The molecule has 98 valence electrons. The summed E-state index contributed by atoms with van der Waals surface area (Å²) in [5.74, 6) is 0.377. The topological polar surface area (TPSA) is 29.1 Å². The summed E-state index contributed by atoms with van der Waals surface area (Å²) in [5, 5.41) is 3.06.